The van der Waals surface area contributed by atoms with Crippen molar-refractivity contribution in [2.45, 2.75) is 44.9 Å². The molecule has 1 aliphatic heterocycles. The third kappa shape index (κ3) is 2.45. The molecule has 1 atom stereocenters. The van der Waals surface area contributed by atoms with Gasteiger partial charge in [0.2, 0.25) is 0 Å². The van der Waals surface area contributed by atoms with Crippen LogP contribution in [0, 0.1) is 5.92 Å². The highest BCUT2D eigenvalue weighted by molar-refractivity contribution is 7.19. The molecule has 2 aliphatic carbocycles. The lowest BCUT2D eigenvalue weighted by molar-refractivity contribution is -0.655. The molecule has 1 saturated carbocycles. The van der Waals surface area contributed by atoms with Crippen molar-refractivity contribution >= 4 is 27.4 Å². The van der Waals surface area contributed by atoms with Crippen LogP contribution in [0.2, 0.25) is 0 Å². The van der Waals surface area contributed by atoms with Gasteiger partial charge in [0.05, 0.1) is 31.6 Å². The zero-order valence-electron chi connectivity index (χ0n) is 13.8. The average molecular weight is 329 g/mol. The SMILES string of the molecule is C[C@@H]1CCc2c(sc3nc(C4CC4)nc(N4CC[NH2+]CC4)c23)C1. The fraction of sp³-hybridized carbons (Fsp3) is 0.667. The molecule has 2 aromatic rings. The first-order valence-corrected chi connectivity index (χ1v) is 10.00. The number of rotatable bonds is 2. The van der Waals surface area contributed by atoms with Crippen LogP contribution in [0.25, 0.3) is 10.2 Å². The standard InChI is InChI=1S/C18H24N4S/c1-11-2-5-13-14(10-11)23-18-15(13)17(22-8-6-19-7-9-22)20-16(21-18)12-3-4-12/h11-12,19H,2-10H2,1H3/p+1/t11-/m1/s1. The second-order valence-corrected chi connectivity index (χ2v) is 8.65. The van der Waals surface area contributed by atoms with Gasteiger partial charge in [0, 0.05) is 10.8 Å². The van der Waals surface area contributed by atoms with Crippen molar-refractivity contribution in [3.63, 3.8) is 0 Å². The number of thiophene rings is 1. The number of aryl methyl sites for hydroxylation is 1. The Morgan fingerprint density at radius 3 is 2.74 bits per heavy atom. The van der Waals surface area contributed by atoms with Crippen molar-refractivity contribution < 1.29 is 5.32 Å². The second-order valence-electron chi connectivity index (χ2n) is 7.56. The summed E-state index contributed by atoms with van der Waals surface area (Å²) >= 11 is 1.96. The zero-order valence-corrected chi connectivity index (χ0v) is 14.7. The maximum atomic E-state index is 5.09. The molecule has 0 aromatic carbocycles. The lowest BCUT2D eigenvalue weighted by Gasteiger charge is -2.28. The maximum absolute atomic E-state index is 5.09. The van der Waals surface area contributed by atoms with Gasteiger partial charge in [0.1, 0.15) is 16.5 Å². The topological polar surface area (TPSA) is 45.6 Å². The molecule has 23 heavy (non-hydrogen) atoms. The molecule has 2 aromatic heterocycles. The first-order valence-electron chi connectivity index (χ1n) is 9.18. The summed E-state index contributed by atoms with van der Waals surface area (Å²) in [7, 11) is 0. The van der Waals surface area contributed by atoms with Gasteiger partial charge in [-0.15, -0.1) is 11.3 Å². The molecule has 3 aliphatic rings. The van der Waals surface area contributed by atoms with E-state index < -0.39 is 0 Å². The molecular weight excluding hydrogens is 304 g/mol. The van der Waals surface area contributed by atoms with Gasteiger partial charge in [0.25, 0.3) is 0 Å². The zero-order chi connectivity index (χ0) is 15.4. The largest absolute Gasteiger partial charge is 0.345 e. The van der Waals surface area contributed by atoms with Gasteiger partial charge in [-0.2, -0.15) is 0 Å². The normalized spacial score (nSPS) is 24.9. The van der Waals surface area contributed by atoms with Gasteiger partial charge in [-0.3, -0.25) is 0 Å². The Bertz CT molecular complexity index is 743. The second kappa shape index (κ2) is 5.42. The van der Waals surface area contributed by atoms with Crippen molar-refractivity contribution in [1.82, 2.24) is 9.97 Å². The molecular formula is C18H25N4S+. The lowest BCUT2D eigenvalue weighted by atomic mass is 9.89. The highest BCUT2D eigenvalue weighted by Crippen LogP contribution is 2.44. The van der Waals surface area contributed by atoms with Crippen LogP contribution >= 0.6 is 11.3 Å². The van der Waals surface area contributed by atoms with Crippen molar-refractivity contribution in [3.8, 4) is 0 Å². The summed E-state index contributed by atoms with van der Waals surface area (Å²) in [6.45, 7) is 7.01. The van der Waals surface area contributed by atoms with Crippen LogP contribution in [-0.4, -0.2) is 36.1 Å². The van der Waals surface area contributed by atoms with Gasteiger partial charge < -0.3 is 10.2 Å². The minimum Gasteiger partial charge on any atom is -0.345 e. The van der Waals surface area contributed by atoms with E-state index >= 15 is 0 Å². The molecule has 2 fully saturated rings. The quantitative estimate of drug-likeness (QED) is 0.917. The Labute approximate surface area is 141 Å². The van der Waals surface area contributed by atoms with E-state index in [1.807, 2.05) is 11.3 Å². The summed E-state index contributed by atoms with van der Waals surface area (Å²) in [6, 6.07) is 0. The van der Waals surface area contributed by atoms with Gasteiger partial charge >= 0.3 is 0 Å². The Hall–Kier alpha value is -1.20. The predicted octanol–water partition coefficient (Wildman–Crippen LogP) is 2.08. The Morgan fingerprint density at radius 1 is 1.13 bits per heavy atom. The Kier molecular flexibility index (Phi) is 3.34. The van der Waals surface area contributed by atoms with Gasteiger partial charge in [-0.1, -0.05) is 6.92 Å². The average Bonchev–Trinajstić information content (AvgIpc) is 3.36. The first kappa shape index (κ1) is 14.2. The van der Waals surface area contributed by atoms with Crippen LogP contribution in [0.15, 0.2) is 0 Å². The molecule has 4 nitrogen and oxygen atoms in total. The van der Waals surface area contributed by atoms with E-state index in [4.69, 9.17) is 9.97 Å². The number of anilines is 1. The van der Waals surface area contributed by atoms with E-state index in [2.05, 4.69) is 17.1 Å². The summed E-state index contributed by atoms with van der Waals surface area (Å²) in [4.78, 5) is 15.5. The number of hydrogen-bond acceptors (Lipinski definition) is 4. The lowest BCUT2D eigenvalue weighted by Crippen LogP contribution is -2.89. The van der Waals surface area contributed by atoms with E-state index in [-0.39, 0.29) is 0 Å². The van der Waals surface area contributed by atoms with E-state index in [1.165, 1.54) is 61.2 Å². The minimum atomic E-state index is 0.632. The van der Waals surface area contributed by atoms with E-state index in [0.717, 1.165) is 24.8 Å². The van der Waals surface area contributed by atoms with E-state index in [0.29, 0.717) is 5.92 Å². The van der Waals surface area contributed by atoms with Crippen molar-refractivity contribution in [2.75, 3.05) is 31.1 Å². The van der Waals surface area contributed by atoms with Crippen molar-refractivity contribution in [3.05, 3.63) is 16.3 Å². The highest BCUT2D eigenvalue weighted by Gasteiger charge is 2.31. The molecule has 0 unspecified atom stereocenters. The Balaban J connectivity index is 1.69. The third-order valence-electron chi connectivity index (χ3n) is 5.60. The molecule has 0 amide bonds. The molecule has 3 heterocycles. The van der Waals surface area contributed by atoms with Crippen LogP contribution in [0.4, 0.5) is 5.82 Å². The number of quaternary nitrogens is 1. The fourth-order valence-electron chi connectivity index (χ4n) is 4.05. The number of aromatic nitrogens is 2. The molecule has 1 saturated heterocycles. The van der Waals surface area contributed by atoms with Crippen LogP contribution < -0.4 is 10.2 Å². The number of fused-ring (bicyclic) bond motifs is 3. The third-order valence-corrected chi connectivity index (χ3v) is 6.75. The van der Waals surface area contributed by atoms with Gasteiger partial charge in [-0.25, -0.2) is 9.97 Å². The summed E-state index contributed by atoms with van der Waals surface area (Å²) in [5, 5.41) is 3.82. The number of hydrogen-bond donors (Lipinski definition) is 1. The van der Waals surface area contributed by atoms with Crippen LogP contribution in [0.3, 0.4) is 0 Å². The molecule has 5 rings (SSSR count). The molecule has 0 bridgehead atoms. The number of nitrogens with two attached hydrogens (primary N) is 1. The minimum absolute atomic E-state index is 0.632. The number of nitrogens with zero attached hydrogens (tertiary/aromatic N) is 3. The van der Waals surface area contributed by atoms with Crippen molar-refractivity contribution in [1.29, 1.82) is 0 Å². The first-order chi connectivity index (χ1) is 11.3. The molecule has 2 N–H and O–H groups in total. The van der Waals surface area contributed by atoms with Crippen LogP contribution in [0.1, 0.15) is 48.4 Å². The van der Waals surface area contributed by atoms with E-state index in [9.17, 15) is 0 Å². The predicted molar refractivity (Wildman–Crippen MR) is 94.5 cm³/mol. The number of piperazine rings is 1. The molecule has 0 spiro atoms. The summed E-state index contributed by atoms with van der Waals surface area (Å²) < 4.78 is 0. The van der Waals surface area contributed by atoms with E-state index in [1.54, 1.807) is 10.4 Å². The van der Waals surface area contributed by atoms with Crippen LogP contribution in [-0.2, 0) is 12.8 Å². The van der Waals surface area contributed by atoms with Crippen LogP contribution in [0.5, 0.6) is 0 Å². The fourth-order valence-corrected chi connectivity index (χ4v) is 5.44. The molecule has 122 valence electrons. The highest BCUT2D eigenvalue weighted by atomic mass is 32.1. The molecule has 0 radical (unpaired) electrons. The summed E-state index contributed by atoms with van der Waals surface area (Å²) in [6.07, 6.45) is 6.33. The molecule has 5 heteroatoms. The monoisotopic (exact) mass is 329 g/mol. The smallest absolute Gasteiger partial charge is 0.141 e. The summed E-state index contributed by atoms with van der Waals surface area (Å²) in [5.41, 5.74) is 1.58. The van der Waals surface area contributed by atoms with Gasteiger partial charge in [0.15, 0.2) is 0 Å². The van der Waals surface area contributed by atoms with Gasteiger partial charge in [-0.05, 0) is 43.6 Å². The Morgan fingerprint density at radius 2 is 1.96 bits per heavy atom. The van der Waals surface area contributed by atoms with Crippen molar-refractivity contribution in [2.24, 2.45) is 5.92 Å². The maximum Gasteiger partial charge on any atom is 0.141 e. The summed E-state index contributed by atoms with van der Waals surface area (Å²) in [5.74, 6) is 3.83.